The maximum Gasteiger partial charge on any atom is 0.330 e. The number of ether oxygens (including phenoxy) is 1. The van der Waals surface area contributed by atoms with Crippen molar-refractivity contribution in [3.8, 4) is 0 Å². The predicted molar refractivity (Wildman–Crippen MR) is 92.0 cm³/mol. The lowest BCUT2D eigenvalue weighted by Gasteiger charge is -2.36. The molecule has 0 saturated carbocycles. The van der Waals surface area contributed by atoms with Gasteiger partial charge in [-0.3, -0.25) is 9.69 Å². The van der Waals surface area contributed by atoms with Crippen molar-refractivity contribution in [2.75, 3.05) is 14.2 Å². The van der Waals surface area contributed by atoms with Gasteiger partial charge in [0.15, 0.2) is 5.78 Å². The van der Waals surface area contributed by atoms with Gasteiger partial charge in [0.25, 0.3) is 0 Å². The lowest BCUT2D eigenvalue weighted by Crippen LogP contribution is -2.53. The highest BCUT2D eigenvalue weighted by atomic mass is 16.5. The average Bonchev–Trinajstić information content (AvgIpc) is 2.50. The molecule has 23 heavy (non-hydrogen) atoms. The topological polar surface area (TPSA) is 66.8 Å². The number of likely N-dealkylation sites (N-methyl/N-ethyl adjacent to an activating group) is 1. The lowest BCUT2D eigenvalue weighted by molar-refractivity contribution is -0.135. The van der Waals surface area contributed by atoms with Gasteiger partial charge in [-0.1, -0.05) is 39.0 Å². The number of carbonyl (C=O) groups excluding carboxylic acids is 2. The van der Waals surface area contributed by atoms with Crippen LogP contribution in [0, 0.1) is 11.8 Å². The number of allylic oxidation sites excluding steroid dienone is 2. The molecule has 0 bridgehead atoms. The molecule has 0 aromatic heterocycles. The minimum Gasteiger partial charge on any atom is -0.466 e. The Balaban J connectivity index is 5.10. The summed E-state index contributed by atoms with van der Waals surface area (Å²) in [6.07, 6.45) is 5.49. The van der Waals surface area contributed by atoms with Gasteiger partial charge in [0.1, 0.15) is 0 Å². The number of hydrogen-bond acceptors (Lipinski definition) is 5. The molecule has 0 aliphatic rings. The molecule has 0 rings (SSSR count). The molecule has 3 atom stereocenters. The number of aliphatic hydroxyl groups is 1. The number of nitrogens with zero attached hydrogens (tertiary/aromatic N) is 1. The number of carbonyl (C=O) groups is 2. The molecule has 0 radical (unpaired) electrons. The number of ketones is 1. The molecule has 132 valence electrons. The Kier molecular flexibility index (Phi) is 9.68. The summed E-state index contributed by atoms with van der Waals surface area (Å²) >= 11 is 0. The van der Waals surface area contributed by atoms with Gasteiger partial charge in [0.05, 0.1) is 19.3 Å². The van der Waals surface area contributed by atoms with E-state index < -0.39 is 18.1 Å². The van der Waals surface area contributed by atoms with E-state index >= 15 is 0 Å². The number of hydrogen-bond donors (Lipinski definition) is 1. The van der Waals surface area contributed by atoms with Crippen molar-refractivity contribution in [1.82, 2.24) is 4.90 Å². The van der Waals surface area contributed by atoms with E-state index in [2.05, 4.69) is 4.74 Å². The fourth-order valence-corrected chi connectivity index (χ4v) is 2.12. The fourth-order valence-electron chi connectivity index (χ4n) is 2.12. The van der Waals surface area contributed by atoms with Crippen LogP contribution < -0.4 is 0 Å². The SMILES string of the molecule is COC(=O)/C=C/C=C/[C@@H](C)[C@@H](O)[C@@H](C(=O)C(C)C)N(C)C(C)C. The van der Waals surface area contributed by atoms with Gasteiger partial charge in [-0.15, -0.1) is 0 Å². The molecule has 0 heterocycles. The number of aliphatic hydroxyl groups excluding tert-OH is 1. The van der Waals surface area contributed by atoms with Crippen LogP contribution >= 0.6 is 0 Å². The van der Waals surface area contributed by atoms with Crippen molar-refractivity contribution in [2.45, 2.75) is 52.8 Å². The molecular weight excluding hydrogens is 294 g/mol. The van der Waals surface area contributed by atoms with Gasteiger partial charge in [-0.25, -0.2) is 4.79 Å². The Bertz CT molecular complexity index is 440. The third kappa shape index (κ3) is 7.10. The van der Waals surface area contributed by atoms with Crippen molar-refractivity contribution in [3.05, 3.63) is 24.3 Å². The van der Waals surface area contributed by atoms with Crippen LogP contribution in [0.4, 0.5) is 0 Å². The largest absolute Gasteiger partial charge is 0.466 e. The van der Waals surface area contributed by atoms with Gasteiger partial charge < -0.3 is 9.84 Å². The quantitative estimate of drug-likeness (QED) is 0.400. The number of esters is 1. The second kappa shape index (κ2) is 10.3. The van der Waals surface area contributed by atoms with E-state index in [1.807, 2.05) is 46.6 Å². The van der Waals surface area contributed by atoms with Crippen LogP contribution in [0.15, 0.2) is 24.3 Å². The number of methoxy groups -OCH3 is 1. The molecule has 1 N–H and O–H groups in total. The van der Waals surface area contributed by atoms with Gasteiger partial charge >= 0.3 is 5.97 Å². The van der Waals surface area contributed by atoms with Crippen LogP contribution in [0.3, 0.4) is 0 Å². The molecule has 0 spiro atoms. The lowest BCUT2D eigenvalue weighted by atomic mass is 9.88. The van der Waals surface area contributed by atoms with Gasteiger partial charge in [-0.05, 0) is 20.9 Å². The fraction of sp³-hybridized carbons (Fsp3) is 0.667. The molecule has 0 aliphatic carbocycles. The van der Waals surface area contributed by atoms with Crippen LogP contribution in [-0.4, -0.2) is 54.1 Å². The zero-order valence-electron chi connectivity index (χ0n) is 15.3. The van der Waals surface area contributed by atoms with Crippen LogP contribution in [0.25, 0.3) is 0 Å². The Morgan fingerprint density at radius 2 is 1.65 bits per heavy atom. The summed E-state index contributed by atoms with van der Waals surface area (Å²) in [5.74, 6) is -0.785. The molecule has 0 amide bonds. The summed E-state index contributed by atoms with van der Waals surface area (Å²) in [5, 5.41) is 10.6. The zero-order chi connectivity index (χ0) is 18.2. The minimum atomic E-state index is -0.819. The van der Waals surface area contributed by atoms with E-state index in [-0.39, 0.29) is 23.7 Å². The summed E-state index contributed by atoms with van der Waals surface area (Å²) in [5.41, 5.74) is 0. The smallest absolute Gasteiger partial charge is 0.330 e. The maximum absolute atomic E-state index is 12.5. The van der Waals surface area contributed by atoms with E-state index in [0.717, 1.165) is 0 Å². The van der Waals surface area contributed by atoms with Crippen LogP contribution in [0.5, 0.6) is 0 Å². The van der Waals surface area contributed by atoms with Crippen molar-refractivity contribution in [1.29, 1.82) is 0 Å². The van der Waals surface area contributed by atoms with E-state index in [1.165, 1.54) is 13.2 Å². The Hall–Kier alpha value is -1.46. The Morgan fingerprint density at radius 3 is 2.09 bits per heavy atom. The van der Waals surface area contributed by atoms with E-state index in [0.29, 0.717) is 0 Å². The molecular formula is C18H31NO4. The number of Topliss-reactive ketones (excluding diaryl/α,β-unsaturated/α-hetero) is 1. The Morgan fingerprint density at radius 1 is 1.09 bits per heavy atom. The standard InChI is InChI=1S/C18H31NO4/c1-12(2)17(21)16(19(6)13(3)4)18(22)14(5)10-8-9-11-15(20)23-7/h8-14,16,18,22H,1-7H3/b10-8+,11-9+/t14-,16-,18-/m1/s1. The molecule has 0 aromatic rings. The maximum atomic E-state index is 12.5. The normalized spacial score (nSPS) is 16.5. The first-order chi connectivity index (χ1) is 10.6. The first-order valence-electron chi connectivity index (χ1n) is 8.00. The predicted octanol–water partition coefficient (Wildman–Crippen LogP) is 2.20. The molecule has 0 fully saturated rings. The third-order valence-electron chi connectivity index (χ3n) is 3.94. The highest BCUT2D eigenvalue weighted by Crippen LogP contribution is 2.19. The summed E-state index contributed by atoms with van der Waals surface area (Å²) in [6.45, 7) is 9.52. The number of rotatable bonds is 9. The van der Waals surface area contributed by atoms with Crippen LogP contribution in [-0.2, 0) is 14.3 Å². The van der Waals surface area contributed by atoms with Crippen molar-refractivity contribution in [2.24, 2.45) is 11.8 Å². The highest BCUT2D eigenvalue weighted by Gasteiger charge is 2.35. The van der Waals surface area contributed by atoms with E-state index in [1.54, 1.807) is 18.2 Å². The molecule has 5 nitrogen and oxygen atoms in total. The Labute approximate surface area is 140 Å². The van der Waals surface area contributed by atoms with E-state index in [4.69, 9.17) is 0 Å². The highest BCUT2D eigenvalue weighted by molar-refractivity contribution is 5.86. The monoisotopic (exact) mass is 325 g/mol. The molecule has 0 aromatic carbocycles. The van der Waals surface area contributed by atoms with Gasteiger partial charge in [0, 0.05) is 24.0 Å². The molecule has 0 aliphatic heterocycles. The van der Waals surface area contributed by atoms with Crippen molar-refractivity contribution >= 4 is 11.8 Å². The second-order valence-electron chi connectivity index (χ2n) is 6.38. The minimum absolute atomic E-state index is 0.0269. The van der Waals surface area contributed by atoms with Crippen LogP contribution in [0.1, 0.15) is 34.6 Å². The second-order valence-corrected chi connectivity index (χ2v) is 6.38. The van der Waals surface area contributed by atoms with Crippen molar-refractivity contribution in [3.63, 3.8) is 0 Å². The third-order valence-corrected chi connectivity index (χ3v) is 3.94. The van der Waals surface area contributed by atoms with E-state index in [9.17, 15) is 14.7 Å². The summed E-state index contributed by atoms with van der Waals surface area (Å²) in [6, 6.07) is -0.410. The summed E-state index contributed by atoms with van der Waals surface area (Å²) in [4.78, 5) is 25.4. The van der Waals surface area contributed by atoms with Crippen LogP contribution in [0.2, 0.25) is 0 Å². The average molecular weight is 325 g/mol. The first kappa shape index (κ1) is 21.5. The summed E-state index contributed by atoms with van der Waals surface area (Å²) < 4.78 is 4.50. The van der Waals surface area contributed by atoms with Gasteiger partial charge in [0.2, 0.25) is 0 Å². The molecule has 5 heteroatoms. The molecule has 0 unspecified atom stereocenters. The first-order valence-corrected chi connectivity index (χ1v) is 8.00. The van der Waals surface area contributed by atoms with Gasteiger partial charge in [-0.2, -0.15) is 0 Å². The zero-order valence-corrected chi connectivity index (χ0v) is 15.3. The van der Waals surface area contributed by atoms with Crippen molar-refractivity contribution < 1.29 is 19.4 Å². The summed E-state index contributed by atoms with van der Waals surface area (Å²) in [7, 11) is 3.17. The molecule has 0 saturated heterocycles.